The van der Waals surface area contributed by atoms with Crippen LogP contribution in [0.15, 0.2) is 0 Å². The van der Waals surface area contributed by atoms with Crippen LogP contribution in [0.3, 0.4) is 0 Å². The standard InChI is InChI=1S/C12H21N3O4/c1-9-8-14(2)6-7-15(9)12(19)13-10(16)4-3-5-11(17)18/h9H,3-8H2,1-2H3,(H,17,18)(H,13,16,19). The first-order chi connectivity index (χ1) is 8.90. The molecule has 0 aromatic heterocycles. The molecular weight excluding hydrogens is 250 g/mol. The number of nitrogens with one attached hydrogen (secondary N) is 1. The van der Waals surface area contributed by atoms with E-state index in [1.165, 1.54) is 0 Å². The summed E-state index contributed by atoms with van der Waals surface area (Å²) in [6.07, 6.45) is 0.236. The van der Waals surface area contributed by atoms with Gasteiger partial charge in [-0.05, 0) is 20.4 Å². The van der Waals surface area contributed by atoms with Crippen molar-refractivity contribution in [2.24, 2.45) is 0 Å². The van der Waals surface area contributed by atoms with E-state index in [4.69, 9.17) is 5.11 Å². The number of carbonyl (C=O) groups excluding carboxylic acids is 2. The van der Waals surface area contributed by atoms with Gasteiger partial charge in [0.1, 0.15) is 0 Å². The second-order valence-corrected chi connectivity index (χ2v) is 4.91. The SMILES string of the molecule is CC1CN(C)CCN1C(=O)NC(=O)CCCC(=O)O. The van der Waals surface area contributed by atoms with Crippen LogP contribution in [-0.2, 0) is 9.59 Å². The fourth-order valence-electron chi connectivity index (χ4n) is 2.10. The molecule has 7 nitrogen and oxygen atoms in total. The molecule has 0 spiro atoms. The van der Waals surface area contributed by atoms with E-state index >= 15 is 0 Å². The van der Waals surface area contributed by atoms with Gasteiger partial charge in [0.15, 0.2) is 0 Å². The molecule has 0 saturated carbocycles. The monoisotopic (exact) mass is 271 g/mol. The number of carboxylic acid groups (broad SMARTS) is 1. The summed E-state index contributed by atoms with van der Waals surface area (Å²) in [5.41, 5.74) is 0. The third-order valence-corrected chi connectivity index (χ3v) is 3.13. The van der Waals surface area contributed by atoms with E-state index in [0.29, 0.717) is 6.54 Å². The Morgan fingerprint density at radius 2 is 1.95 bits per heavy atom. The molecule has 2 N–H and O–H groups in total. The highest BCUT2D eigenvalue weighted by molar-refractivity contribution is 5.94. The number of nitrogens with zero attached hydrogens (tertiary/aromatic N) is 2. The number of aliphatic carboxylic acids is 1. The molecule has 1 aliphatic rings. The topological polar surface area (TPSA) is 90.0 Å². The maximum absolute atomic E-state index is 11.9. The lowest BCUT2D eigenvalue weighted by atomic mass is 10.2. The number of amides is 3. The molecule has 108 valence electrons. The van der Waals surface area contributed by atoms with Crippen molar-refractivity contribution in [3.05, 3.63) is 0 Å². The molecule has 0 aromatic carbocycles. The fourth-order valence-corrected chi connectivity index (χ4v) is 2.10. The smallest absolute Gasteiger partial charge is 0.324 e. The summed E-state index contributed by atoms with van der Waals surface area (Å²) >= 11 is 0. The van der Waals surface area contributed by atoms with Crippen LogP contribution in [0.5, 0.6) is 0 Å². The van der Waals surface area contributed by atoms with Crippen molar-refractivity contribution in [3.8, 4) is 0 Å². The van der Waals surface area contributed by atoms with Crippen molar-refractivity contribution in [3.63, 3.8) is 0 Å². The summed E-state index contributed by atoms with van der Waals surface area (Å²) < 4.78 is 0. The Kier molecular flexibility index (Phi) is 5.75. The van der Waals surface area contributed by atoms with Crippen molar-refractivity contribution in [2.75, 3.05) is 26.7 Å². The van der Waals surface area contributed by atoms with Gasteiger partial charge in [0, 0.05) is 38.5 Å². The minimum absolute atomic E-state index is 0.0557. The molecule has 1 atom stereocenters. The van der Waals surface area contributed by atoms with Gasteiger partial charge in [-0.2, -0.15) is 0 Å². The Morgan fingerprint density at radius 1 is 1.26 bits per heavy atom. The fraction of sp³-hybridized carbons (Fsp3) is 0.750. The highest BCUT2D eigenvalue weighted by atomic mass is 16.4. The number of carbonyl (C=O) groups is 3. The van der Waals surface area contributed by atoms with E-state index in [1.807, 2.05) is 14.0 Å². The second-order valence-electron chi connectivity index (χ2n) is 4.91. The van der Waals surface area contributed by atoms with E-state index in [0.717, 1.165) is 13.1 Å². The summed E-state index contributed by atoms with van der Waals surface area (Å²) in [7, 11) is 1.99. The first kappa shape index (κ1) is 15.4. The van der Waals surface area contributed by atoms with Crippen molar-refractivity contribution >= 4 is 17.9 Å². The van der Waals surface area contributed by atoms with Crippen molar-refractivity contribution < 1.29 is 19.5 Å². The van der Waals surface area contributed by atoms with Crippen molar-refractivity contribution in [2.45, 2.75) is 32.2 Å². The lowest BCUT2D eigenvalue weighted by Gasteiger charge is -2.37. The van der Waals surface area contributed by atoms with Gasteiger partial charge in [-0.3, -0.25) is 14.9 Å². The molecule has 1 aliphatic heterocycles. The summed E-state index contributed by atoms with van der Waals surface area (Å²) in [6.45, 7) is 4.08. The van der Waals surface area contributed by atoms with Crippen LogP contribution in [0.25, 0.3) is 0 Å². The Morgan fingerprint density at radius 3 is 2.53 bits per heavy atom. The molecular formula is C12H21N3O4. The summed E-state index contributed by atoms with van der Waals surface area (Å²) in [5, 5.41) is 10.8. The molecule has 1 saturated heterocycles. The minimum Gasteiger partial charge on any atom is -0.481 e. The van der Waals surface area contributed by atoms with E-state index in [9.17, 15) is 14.4 Å². The molecule has 7 heteroatoms. The number of imide groups is 1. The van der Waals surface area contributed by atoms with Gasteiger partial charge < -0.3 is 14.9 Å². The van der Waals surface area contributed by atoms with Gasteiger partial charge in [-0.25, -0.2) is 4.79 Å². The Bertz CT molecular complexity index is 359. The maximum atomic E-state index is 11.9. The summed E-state index contributed by atoms with van der Waals surface area (Å²) in [5.74, 6) is -1.36. The average molecular weight is 271 g/mol. The number of likely N-dealkylation sites (N-methyl/N-ethyl adjacent to an activating group) is 1. The molecule has 0 bridgehead atoms. The first-order valence-electron chi connectivity index (χ1n) is 6.41. The van der Waals surface area contributed by atoms with Crippen LogP contribution in [0.1, 0.15) is 26.2 Å². The molecule has 1 rings (SSSR count). The predicted octanol–water partition coefficient (Wildman–Crippen LogP) is 0.113. The molecule has 0 radical (unpaired) electrons. The third kappa shape index (κ3) is 5.25. The number of hydrogen-bond acceptors (Lipinski definition) is 4. The highest BCUT2D eigenvalue weighted by Gasteiger charge is 2.26. The zero-order chi connectivity index (χ0) is 14.4. The molecule has 1 unspecified atom stereocenters. The number of carboxylic acids is 1. The second kappa shape index (κ2) is 7.08. The predicted molar refractivity (Wildman–Crippen MR) is 68.7 cm³/mol. The highest BCUT2D eigenvalue weighted by Crippen LogP contribution is 2.08. The quantitative estimate of drug-likeness (QED) is 0.757. The van der Waals surface area contributed by atoms with E-state index in [2.05, 4.69) is 10.2 Å². The number of hydrogen-bond donors (Lipinski definition) is 2. The summed E-state index contributed by atoms with van der Waals surface area (Å²) in [4.78, 5) is 37.4. The molecule has 19 heavy (non-hydrogen) atoms. The van der Waals surface area contributed by atoms with Crippen LogP contribution in [0, 0.1) is 0 Å². The normalized spacial score (nSPS) is 20.1. The average Bonchev–Trinajstić information content (AvgIpc) is 2.27. The van der Waals surface area contributed by atoms with Crippen LogP contribution in [-0.4, -0.2) is 65.5 Å². The van der Waals surface area contributed by atoms with E-state index in [-0.39, 0.29) is 31.3 Å². The lowest BCUT2D eigenvalue weighted by Crippen LogP contribution is -2.56. The third-order valence-electron chi connectivity index (χ3n) is 3.13. The van der Waals surface area contributed by atoms with Crippen LogP contribution in [0.4, 0.5) is 4.79 Å². The Labute approximate surface area is 112 Å². The lowest BCUT2D eigenvalue weighted by molar-refractivity contribution is -0.137. The van der Waals surface area contributed by atoms with Gasteiger partial charge >= 0.3 is 12.0 Å². The van der Waals surface area contributed by atoms with Gasteiger partial charge in [0.25, 0.3) is 0 Å². The summed E-state index contributed by atoms with van der Waals surface area (Å²) in [6, 6.07) is -0.327. The van der Waals surface area contributed by atoms with Gasteiger partial charge in [0.05, 0.1) is 0 Å². The number of piperazine rings is 1. The van der Waals surface area contributed by atoms with Crippen LogP contribution in [0.2, 0.25) is 0 Å². The first-order valence-corrected chi connectivity index (χ1v) is 6.41. The van der Waals surface area contributed by atoms with E-state index < -0.39 is 11.9 Å². The van der Waals surface area contributed by atoms with Gasteiger partial charge in [0.2, 0.25) is 5.91 Å². The van der Waals surface area contributed by atoms with Crippen LogP contribution >= 0.6 is 0 Å². The minimum atomic E-state index is -0.938. The van der Waals surface area contributed by atoms with E-state index in [1.54, 1.807) is 4.90 Å². The molecule has 1 fully saturated rings. The zero-order valence-corrected chi connectivity index (χ0v) is 11.4. The Hall–Kier alpha value is -1.63. The molecule has 0 aromatic rings. The number of urea groups is 1. The largest absolute Gasteiger partial charge is 0.481 e. The maximum Gasteiger partial charge on any atom is 0.324 e. The van der Waals surface area contributed by atoms with Gasteiger partial charge in [-0.15, -0.1) is 0 Å². The molecule has 1 heterocycles. The molecule has 0 aliphatic carbocycles. The Balaban J connectivity index is 2.33. The zero-order valence-electron chi connectivity index (χ0n) is 11.4. The van der Waals surface area contributed by atoms with Crippen molar-refractivity contribution in [1.29, 1.82) is 0 Å². The number of rotatable bonds is 4. The van der Waals surface area contributed by atoms with Gasteiger partial charge in [-0.1, -0.05) is 0 Å². The van der Waals surface area contributed by atoms with Crippen molar-refractivity contribution in [1.82, 2.24) is 15.1 Å². The van der Waals surface area contributed by atoms with Crippen LogP contribution < -0.4 is 5.32 Å². The molecule has 3 amide bonds.